The maximum atomic E-state index is 12.7. The number of rotatable bonds is 4. The number of nitrogens with zero attached hydrogens (tertiary/aromatic N) is 2. The lowest BCUT2D eigenvalue weighted by atomic mass is 9.78. The van der Waals surface area contributed by atoms with Gasteiger partial charge in [-0.25, -0.2) is 4.79 Å². The van der Waals surface area contributed by atoms with Gasteiger partial charge < -0.3 is 9.73 Å². The van der Waals surface area contributed by atoms with Gasteiger partial charge in [0.05, 0.1) is 22.0 Å². The second-order valence-corrected chi connectivity index (χ2v) is 7.25. The number of oxazole rings is 1. The highest BCUT2D eigenvalue weighted by molar-refractivity contribution is 5.81. The number of aryl methyl sites for hydroxylation is 1. The molecule has 0 saturated heterocycles. The summed E-state index contributed by atoms with van der Waals surface area (Å²) in [5.74, 6) is -1.04. The lowest BCUT2D eigenvalue weighted by molar-refractivity contribution is -0.384. The molecule has 0 saturated carbocycles. The van der Waals surface area contributed by atoms with Crippen LogP contribution in [0, 0.1) is 10.1 Å². The van der Waals surface area contributed by atoms with Crippen LogP contribution in [0.15, 0.2) is 51.7 Å². The second-order valence-electron chi connectivity index (χ2n) is 7.25. The van der Waals surface area contributed by atoms with Crippen LogP contribution in [0.3, 0.4) is 0 Å². The van der Waals surface area contributed by atoms with Gasteiger partial charge >= 0.3 is 5.76 Å². The van der Waals surface area contributed by atoms with E-state index in [1.54, 1.807) is 0 Å². The van der Waals surface area contributed by atoms with E-state index in [9.17, 15) is 19.7 Å². The van der Waals surface area contributed by atoms with E-state index >= 15 is 0 Å². The van der Waals surface area contributed by atoms with E-state index < -0.39 is 16.2 Å². The van der Waals surface area contributed by atoms with Crippen LogP contribution < -0.4 is 11.1 Å². The first kappa shape index (κ1) is 18.0. The molecular formula is C20H19N3O5. The van der Waals surface area contributed by atoms with Crippen molar-refractivity contribution in [3.8, 4) is 0 Å². The zero-order valence-corrected chi connectivity index (χ0v) is 15.3. The quantitative estimate of drug-likeness (QED) is 0.552. The number of nitrogens with one attached hydrogen (secondary N) is 1. The van der Waals surface area contributed by atoms with Gasteiger partial charge in [0, 0.05) is 6.07 Å². The standard InChI is InChI=1S/C20H19N3O5/c1-20(10-4-6-13-5-2-3-7-15(13)20)21-18(24)12-22-16-9-8-14(23(26)27)11-17(16)28-19(22)25/h2-3,5,7-9,11H,4,6,10,12H2,1H3,(H,21,24)/t20-/m1/s1. The molecule has 2 aromatic carbocycles. The number of aromatic nitrogens is 1. The predicted octanol–water partition coefficient (Wildman–Crippen LogP) is 2.87. The van der Waals surface area contributed by atoms with Crippen molar-refractivity contribution in [1.29, 1.82) is 0 Å². The molecular weight excluding hydrogens is 362 g/mol. The minimum absolute atomic E-state index is 0.0845. The number of nitro groups is 1. The van der Waals surface area contributed by atoms with Crippen LogP contribution in [0.5, 0.6) is 0 Å². The normalized spacial score (nSPS) is 18.6. The summed E-state index contributed by atoms with van der Waals surface area (Å²) in [5, 5.41) is 13.9. The molecule has 8 nitrogen and oxygen atoms in total. The summed E-state index contributed by atoms with van der Waals surface area (Å²) >= 11 is 0. The van der Waals surface area contributed by atoms with Gasteiger partial charge in [0.1, 0.15) is 6.54 Å². The van der Waals surface area contributed by atoms with Crippen molar-refractivity contribution < 1.29 is 14.1 Å². The maximum Gasteiger partial charge on any atom is 0.420 e. The summed E-state index contributed by atoms with van der Waals surface area (Å²) < 4.78 is 6.27. The largest absolute Gasteiger partial charge is 0.420 e. The molecule has 1 aliphatic carbocycles. The van der Waals surface area contributed by atoms with E-state index in [0.717, 1.165) is 24.8 Å². The molecule has 8 heteroatoms. The Morgan fingerprint density at radius 3 is 2.89 bits per heavy atom. The van der Waals surface area contributed by atoms with Gasteiger partial charge in [-0.15, -0.1) is 0 Å². The van der Waals surface area contributed by atoms with Crippen molar-refractivity contribution >= 4 is 22.7 Å². The highest BCUT2D eigenvalue weighted by Crippen LogP contribution is 2.34. The summed E-state index contributed by atoms with van der Waals surface area (Å²) in [7, 11) is 0. The Labute approximate surface area is 159 Å². The van der Waals surface area contributed by atoms with Crippen LogP contribution in [0.2, 0.25) is 0 Å². The molecule has 0 radical (unpaired) electrons. The van der Waals surface area contributed by atoms with Gasteiger partial charge in [0.25, 0.3) is 5.69 Å². The van der Waals surface area contributed by atoms with Crippen LogP contribution in [-0.4, -0.2) is 15.4 Å². The minimum Gasteiger partial charge on any atom is -0.407 e. The van der Waals surface area contributed by atoms with Gasteiger partial charge in [-0.1, -0.05) is 24.3 Å². The fourth-order valence-electron chi connectivity index (χ4n) is 3.98. The average molecular weight is 381 g/mol. The van der Waals surface area contributed by atoms with E-state index in [1.165, 1.54) is 28.3 Å². The van der Waals surface area contributed by atoms with Gasteiger partial charge in [0.2, 0.25) is 5.91 Å². The van der Waals surface area contributed by atoms with Crippen molar-refractivity contribution in [3.63, 3.8) is 0 Å². The zero-order valence-electron chi connectivity index (χ0n) is 15.3. The molecule has 28 heavy (non-hydrogen) atoms. The van der Waals surface area contributed by atoms with Crippen molar-refractivity contribution in [2.24, 2.45) is 0 Å². The summed E-state index contributed by atoms with van der Waals surface area (Å²) in [6, 6.07) is 11.9. The molecule has 1 aliphatic rings. The second kappa shape index (κ2) is 6.63. The third-order valence-corrected chi connectivity index (χ3v) is 5.31. The van der Waals surface area contributed by atoms with Crippen LogP contribution in [-0.2, 0) is 23.3 Å². The van der Waals surface area contributed by atoms with E-state index in [1.807, 2.05) is 25.1 Å². The summed E-state index contributed by atoms with van der Waals surface area (Å²) in [4.78, 5) is 35.2. The smallest absolute Gasteiger partial charge is 0.407 e. The predicted molar refractivity (Wildman–Crippen MR) is 102 cm³/mol. The van der Waals surface area contributed by atoms with E-state index in [4.69, 9.17) is 4.42 Å². The molecule has 1 aromatic heterocycles. The monoisotopic (exact) mass is 381 g/mol. The molecule has 0 fully saturated rings. The highest BCUT2D eigenvalue weighted by atomic mass is 16.6. The first-order chi connectivity index (χ1) is 13.4. The van der Waals surface area contributed by atoms with Crippen LogP contribution >= 0.6 is 0 Å². The van der Waals surface area contributed by atoms with Crippen molar-refractivity contribution in [2.75, 3.05) is 0 Å². The number of hydrogen-bond donors (Lipinski definition) is 1. The third kappa shape index (κ3) is 3.06. The molecule has 0 aliphatic heterocycles. The van der Waals surface area contributed by atoms with Crippen LogP contribution in [0.25, 0.3) is 11.1 Å². The lowest BCUT2D eigenvalue weighted by Gasteiger charge is -2.37. The molecule has 1 N–H and O–H groups in total. The number of non-ortho nitro benzene ring substituents is 1. The Balaban J connectivity index is 1.61. The number of fused-ring (bicyclic) bond motifs is 2. The number of nitro benzene ring substituents is 1. The van der Waals surface area contributed by atoms with Crippen molar-refractivity contribution in [3.05, 3.63) is 74.3 Å². The molecule has 0 unspecified atom stereocenters. The molecule has 0 bridgehead atoms. The number of carbonyl (C=O) groups excluding carboxylic acids is 1. The Kier molecular flexibility index (Phi) is 4.26. The Morgan fingerprint density at radius 2 is 2.11 bits per heavy atom. The molecule has 0 spiro atoms. The Morgan fingerprint density at radius 1 is 1.32 bits per heavy atom. The fraction of sp³-hybridized carbons (Fsp3) is 0.300. The summed E-state index contributed by atoms with van der Waals surface area (Å²) in [5.41, 5.74) is 2.06. The molecule has 4 rings (SSSR count). The number of amides is 1. The minimum atomic E-state index is -0.722. The highest BCUT2D eigenvalue weighted by Gasteiger charge is 2.33. The van der Waals surface area contributed by atoms with E-state index in [0.29, 0.717) is 5.52 Å². The summed E-state index contributed by atoms with van der Waals surface area (Å²) in [6.07, 6.45) is 2.75. The first-order valence-electron chi connectivity index (χ1n) is 9.04. The number of benzene rings is 2. The molecule has 1 atom stereocenters. The van der Waals surface area contributed by atoms with Crippen molar-refractivity contribution in [1.82, 2.24) is 9.88 Å². The Bertz CT molecular complexity index is 1150. The van der Waals surface area contributed by atoms with Gasteiger partial charge in [0.15, 0.2) is 5.58 Å². The van der Waals surface area contributed by atoms with Crippen LogP contribution in [0.4, 0.5) is 5.69 Å². The average Bonchev–Trinajstić information content (AvgIpc) is 2.96. The molecule has 3 aromatic rings. The lowest BCUT2D eigenvalue weighted by Crippen LogP contribution is -2.47. The van der Waals surface area contributed by atoms with E-state index in [-0.39, 0.29) is 23.7 Å². The zero-order chi connectivity index (χ0) is 19.9. The number of carbonyl (C=O) groups is 1. The van der Waals surface area contributed by atoms with Crippen molar-refractivity contribution in [2.45, 2.75) is 38.3 Å². The maximum absolute atomic E-state index is 12.7. The third-order valence-electron chi connectivity index (χ3n) is 5.31. The van der Waals surface area contributed by atoms with Gasteiger partial charge in [-0.3, -0.25) is 19.5 Å². The molecule has 144 valence electrons. The van der Waals surface area contributed by atoms with E-state index in [2.05, 4.69) is 11.4 Å². The topological polar surface area (TPSA) is 107 Å². The first-order valence-corrected chi connectivity index (χ1v) is 9.04. The van der Waals surface area contributed by atoms with Gasteiger partial charge in [-0.2, -0.15) is 0 Å². The SMILES string of the molecule is C[C@@]1(NC(=O)Cn2c(=O)oc3cc([N+](=O)[O-])ccc32)CCCc2ccccc21. The van der Waals surface area contributed by atoms with Crippen LogP contribution in [0.1, 0.15) is 30.9 Å². The molecule has 1 amide bonds. The summed E-state index contributed by atoms with van der Waals surface area (Å²) in [6.45, 7) is 1.77. The fourth-order valence-corrected chi connectivity index (χ4v) is 3.98. The Hall–Kier alpha value is -3.42. The number of hydrogen-bond acceptors (Lipinski definition) is 5. The van der Waals surface area contributed by atoms with Gasteiger partial charge in [-0.05, 0) is 43.4 Å². The molecule has 1 heterocycles.